The number of hydrogen-bond donors (Lipinski definition) is 1. The van der Waals surface area contributed by atoms with E-state index >= 15 is 0 Å². The molecule has 20 heavy (non-hydrogen) atoms. The molecule has 0 radical (unpaired) electrons. The number of aliphatic hydroxyl groups is 1. The normalized spacial score (nSPS) is 18.6. The molecular formula is C15H26N2O3. The molecule has 2 rings (SSSR count). The fourth-order valence-corrected chi connectivity index (χ4v) is 2.70. The van der Waals surface area contributed by atoms with Crippen LogP contribution in [0.15, 0.2) is 10.5 Å². The summed E-state index contributed by atoms with van der Waals surface area (Å²) in [6.45, 7) is 9.53. The van der Waals surface area contributed by atoms with E-state index in [0.717, 1.165) is 50.9 Å². The summed E-state index contributed by atoms with van der Waals surface area (Å²) in [5.74, 6) is 1.91. The average molecular weight is 282 g/mol. The summed E-state index contributed by atoms with van der Waals surface area (Å²) in [5, 5.41) is 10.2. The van der Waals surface area contributed by atoms with Crippen molar-refractivity contribution in [2.75, 3.05) is 46.4 Å². The molecular weight excluding hydrogens is 256 g/mol. The first-order valence-electron chi connectivity index (χ1n) is 7.27. The fourth-order valence-electron chi connectivity index (χ4n) is 2.70. The Kier molecular flexibility index (Phi) is 5.60. The maximum atomic E-state index is 10.2. The smallest absolute Gasteiger partial charge is 0.105 e. The van der Waals surface area contributed by atoms with Gasteiger partial charge in [-0.3, -0.25) is 9.80 Å². The number of aliphatic hydroxyl groups excluding tert-OH is 1. The van der Waals surface area contributed by atoms with E-state index < -0.39 is 0 Å². The molecule has 1 aliphatic heterocycles. The third kappa shape index (κ3) is 4.59. The zero-order valence-electron chi connectivity index (χ0n) is 12.8. The summed E-state index contributed by atoms with van der Waals surface area (Å²) in [6, 6.07) is 2.07. The standard InChI is InChI=1S/C15H26N2O3/c1-12-8-14(13(2)20-12)9-16(3)10-15(18)11-17-4-6-19-7-5-17/h8,15,18H,4-7,9-11H2,1-3H3. The first-order valence-corrected chi connectivity index (χ1v) is 7.27. The lowest BCUT2D eigenvalue weighted by molar-refractivity contribution is 0.00823. The van der Waals surface area contributed by atoms with Crippen LogP contribution in [0.1, 0.15) is 17.1 Å². The van der Waals surface area contributed by atoms with E-state index in [4.69, 9.17) is 9.15 Å². The van der Waals surface area contributed by atoms with Crippen molar-refractivity contribution in [2.24, 2.45) is 0 Å². The highest BCUT2D eigenvalue weighted by atomic mass is 16.5. The molecule has 5 nitrogen and oxygen atoms in total. The molecule has 0 amide bonds. The molecule has 5 heteroatoms. The van der Waals surface area contributed by atoms with Crippen molar-refractivity contribution >= 4 is 0 Å². The summed E-state index contributed by atoms with van der Waals surface area (Å²) in [7, 11) is 2.03. The van der Waals surface area contributed by atoms with Crippen molar-refractivity contribution in [3.05, 3.63) is 23.2 Å². The fraction of sp³-hybridized carbons (Fsp3) is 0.733. The molecule has 1 aliphatic rings. The molecule has 0 aromatic carbocycles. The lowest BCUT2D eigenvalue weighted by atomic mass is 10.2. The molecule has 0 bridgehead atoms. The minimum atomic E-state index is -0.327. The zero-order chi connectivity index (χ0) is 14.5. The molecule has 1 atom stereocenters. The average Bonchev–Trinajstić information content (AvgIpc) is 2.68. The highest BCUT2D eigenvalue weighted by molar-refractivity contribution is 5.19. The van der Waals surface area contributed by atoms with Gasteiger partial charge >= 0.3 is 0 Å². The van der Waals surface area contributed by atoms with Gasteiger partial charge in [0.1, 0.15) is 11.5 Å². The Morgan fingerprint density at radius 2 is 2.05 bits per heavy atom. The van der Waals surface area contributed by atoms with E-state index in [-0.39, 0.29) is 6.10 Å². The highest BCUT2D eigenvalue weighted by Crippen LogP contribution is 2.15. The lowest BCUT2D eigenvalue weighted by Gasteiger charge is -2.30. The minimum absolute atomic E-state index is 0.327. The van der Waals surface area contributed by atoms with Crippen molar-refractivity contribution < 1.29 is 14.3 Å². The predicted molar refractivity (Wildman–Crippen MR) is 77.8 cm³/mol. The first kappa shape index (κ1) is 15.5. The number of likely N-dealkylation sites (N-methyl/N-ethyl adjacent to an activating group) is 1. The second-order valence-electron chi connectivity index (χ2n) is 5.70. The van der Waals surface area contributed by atoms with Crippen LogP contribution in [0.3, 0.4) is 0 Å². The van der Waals surface area contributed by atoms with Crippen LogP contribution in [0.4, 0.5) is 0 Å². The van der Waals surface area contributed by atoms with Crippen LogP contribution in [-0.2, 0) is 11.3 Å². The zero-order valence-corrected chi connectivity index (χ0v) is 12.8. The van der Waals surface area contributed by atoms with Gasteiger partial charge in [-0.2, -0.15) is 0 Å². The third-order valence-corrected chi connectivity index (χ3v) is 3.68. The Bertz CT molecular complexity index is 413. The Morgan fingerprint density at radius 3 is 2.65 bits per heavy atom. The van der Waals surface area contributed by atoms with Gasteiger partial charge in [0.2, 0.25) is 0 Å². The predicted octanol–water partition coefficient (Wildman–Crippen LogP) is 1.02. The Labute approximate surface area is 121 Å². The summed E-state index contributed by atoms with van der Waals surface area (Å²) in [4.78, 5) is 4.40. The summed E-state index contributed by atoms with van der Waals surface area (Å²) in [6.07, 6.45) is -0.327. The van der Waals surface area contributed by atoms with Crippen LogP contribution in [0.25, 0.3) is 0 Å². The summed E-state index contributed by atoms with van der Waals surface area (Å²) >= 11 is 0. The van der Waals surface area contributed by atoms with Gasteiger partial charge in [0, 0.05) is 38.3 Å². The van der Waals surface area contributed by atoms with Crippen LogP contribution < -0.4 is 0 Å². The van der Waals surface area contributed by atoms with Crippen LogP contribution in [0.2, 0.25) is 0 Å². The van der Waals surface area contributed by atoms with E-state index in [9.17, 15) is 5.11 Å². The van der Waals surface area contributed by atoms with E-state index in [1.165, 1.54) is 5.56 Å². The van der Waals surface area contributed by atoms with Crippen molar-refractivity contribution in [3.63, 3.8) is 0 Å². The van der Waals surface area contributed by atoms with Gasteiger partial charge in [-0.1, -0.05) is 0 Å². The molecule has 0 spiro atoms. The van der Waals surface area contributed by atoms with Gasteiger partial charge in [-0.25, -0.2) is 0 Å². The number of morpholine rings is 1. The molecule has 1 aromatic heterocycles. The second-order valence-corrected chi connectivity index (χ2v) is 5.70. The van der Waals surface area contributed by atoms with E-state index in [2.05, 4.69) is 15.9 Å². The molecule has 2 heterocycles. The molecule has 1 saturated heterocycles. The number of ether oxygens (including phenoxy) is 1. The van der Waals surface area contributed by atoms with Gasteiger partial charge in [0.15, 0.2) is 0 Å². The van der Waals surface area contributed by atoms with Gasteiger partial charge < -0.3 is 14.3 Å². The number of β-amino-alcohol motifs (C(OH)–C–C–N with tert-alkyl or cyclic N) is 1. The van der Waals surface area contributed by atoms with Crippen molar-refractivity contribution in [2.45, 2.75) is 26.5 Å². The van der Waals surface area contributed by atoms with Gasteiger partial charge in [-0.15, -0.1) is 0 Å². The number of aryl methyl sites for hydroxylation is 2. The van der Waals surface area contributed by atoms with Crippen LogP contribution in [0.5, 0.6) is 0 Å². The SMILES string of the molecule is Cc1cc(CN(C)CC(O)CN2CCOCC2)c(C)o1. The van der Waals surface area contributed by atoms with Crippen molar-refractivity contribution in [1.82, 2.24) is 9.80 Å². The van der Waals surface area contributed by atoms with E-state index in [0.29, 0.717) is 6.54 Å². The monoisotopic (exact) mass is 282 g/mol. The number of rotatable bonds is 6. The largest absolute Gasteiger partial charge is 0.466 e. The topological polar surface area (TPSA) is 49.1 Å². The highest BCUT2D eigenvalue weighted by Gasteiger charge is 2.17. The first-order chi connectivity index (χ1) is 9.54. The number of furan rings is 1. The maximum absolute atomic E-state index is 10.2. The maximum Gasteiger partial charge on any atom is 0.105 e. The van der Waals surface area contributed by atoms with Gasteiger partial charge in [-0.05, 0) is 27.0 Å². The molecule has 0 aliphatic carbocycles. The number of hydrogen-bond acceptors (Lipinski definition) is 5. The lowest BCUT2D eigenvalue weighted by Crippen LogP contribution is -2.43. The van der Waals surface area contributed by atoms with Gasteiger partial charge in [0.05, 0.1) is 19.3 Å². The summed E-state index contributed by atoms with van der Waals surface area (Å²) < 4.78 is 10.8. The van der Waals surface area contributed by atoms with E-state index in [1.54, 1.807) is 0 Å². The molecule has 1 unspecified atom stereocenters. The molecule has 1 aromatic rings. The number of nitrogens with zero attached hydrogens (tertiary/aromatic N) is 2. The second kappa shape index (κ2) is 7.22. The Hall–Kier alpha value is -0.880. The minimum Gasteiger partial charge on any atom is -0.466 e. The van der Waals surface area contributed by atoms with Crippen LogP contribution >= 0.6 is 0 Å². The Balaban J connectivity index is 1.75. The quantitative estimate of drug-likeness (QED) is 0.844. The van der Waals surface area contributed by atoms with Crippen LogP contribution in [-0.4, -0.2) is 67.5 Å². The molecule has 1 fully saturated rings. The molecule has 0 saturated carbocycles. The molecule has 1 N–H and O–H groups in total. The van der Waals surface area contributed by atoms with Crippen LogP contribution in [0, 0.1) is 13.8 Å². The van der Waals surface area contributed by atoms with E-state index in [1.807, 2.05) is 20.9 Å². The summed E-state index contributed by atoms with van der Waals surface area (Å²) in [5.41, 5.74) is 1.20. The van der Waals surface area contributed by atoms with Crippen molar-refractivity contribution in [3.8, 4) is 0 Å². The van der Waals surface area contributed by atoms with Gasteiger partial charge in [0.25, 0.3) is 0 Å². The Morgan fingerprint density at radius 1 is 1.35 bits per heavy atom. The molecule has 114 valence electrons. The third-order valence-electron chi connectivity index (χ3n) is 3.68. The van der Waals surface area contributed by atoms with Crippen molar-refractivity contribution in [1.29, 1.82) is 0 Å².